The minimum Gasteiger partial charge on any atom is -0.489 e. The number of aliphatic carboxylic acids is 1. The van der Waals surface area contributed by atoms with Gasteiger partial charge in [0.1, 0.15) is 36.5 Å². The van der Waals surface area contributed by atoms with Crippen molar-refractivity contribution in [2.45, 2.75) is 64.6 Å². The van der Waals surface area contributed by atoms with Crippen LogP contribution in [0.1, 0.15) is 50.7 Å². The Labute approximate surface area is 357 Å². The summed E-state index contributed by atoms with van der Waals surface area (Å²) >= 11 is 12.2. The van der Waals surface area contributed by atoms with E-state index in [9.17, 15) is 14.7 Å². The molecule has 0 radical (unpaired) electrons. The summed E-state index contributed by atoms with van der Waals surface area (Å²) in [6, 6.07) is 28.1. The molecule has 13 heteroatoms. The molecule has 4 heterocycles. The number of benzene rings is 4. The summed E-state index contributed by atoms with van der Waals surface area (Å²) in [4.78, 5) is 37.2. The zero-order chi connectivity index (χ0) is 41.8. The van der Waals surface area contributed by atoms with E-state index < -0.39 is 18.1 Å². The number of hydrogen-bond acceptors (Lipinski definition) is 9. The van der Waals surface area contributed by atoms with Gasteiger partial charge in [0, 0.05) is 49.4 Å². The second-order valence-corrected chi connectivity index (χ2v) is 15.8. The lowest BCUT2D eigenvalue weighted by molar-refractivity contribution is -0.142. The molecule has 0 spiro atoms. The molecule has 0 fully saturated rings. The fourth-order valence-electron chi connectivity index (χ4n) is 7.34. The van der Waals surface area contributed by atoms with Gasteiger partial charge >= 0.3 is 5.97 Å². The molecule has 2 aromatic heterocycles. The molecular formula is C47H42Cl2N4O7. The van der Waals surface area contributed by atoms with Gasteiger partial charge in [-0.15, -0.1) is 0 Å². The zero-order valence-corrected chi connectivity index (χ0v) is 34.5. The number of rotatable bonds is 13. The number of carboxylic acid groups (broad SMARTS) is 1. The smallest absolute Gasteiger partial charge is 0.326 e. The normalized spacial score (nSPS) is 16.3. The first-order valence-electron chi connectivity index (χ1n) is 19.5. The predicted molar refractivity (Wildman–Crippen MR) is 227 cm³/mol. The number of ether oxygens (including phenoxy) is 4. The molecule has 3 atom stereocenters. The lowest BCUT2D eigenvalue weighted by Crippen LogP contribution is -2.54. The highest BCUT2D eigenvalue weighted by Gasteiger charge is 2.36. The number of aromatic nitrogens is 2. The van der Waals surface area contributed by atoms with Gasteiger partial charge in [0.05, 0.1) is 16.1 Å². The fourth-order valence-corrected chi connectivity index (χ4v) is 7.66. The second kappa shape index (κ2) is 18.0. The summed E-state index contributed by atoms with van der Waals surface area (Å²) in [5.74, 6) is 1.73. The number of nitrogens with zero attached hydrogens (tertiary/aromatic N) is 3. The Hall–Kier alpha value is -6.14. The van der Waals surface area contributed by atoms with Gasteiger partial charge in [-0.1, -0.05) is 53.5 Å². The van der Waals surface area contributed by atoms with Crippen LogP contribution < -0.4 is 24.3 Å². The summed E-state index contributed by atoms with van der Waals surface area (Å²) in [6.07, 6.45) is 5.23. The van der Waals surface area contributed by atoms with Crippen LogP contribution in [0, 0.1) is 13.8 Å². The summed E-state index contributed by atoms with van der Waals surface area (Å²) in [5.41, 5.74) is 7.31. The van der Waals surface area contributed by atoms with Crippen molar-refractivity contribution in [1.29, 1.82) is 0 Å². The SMILES string of the molecule is Cc1nccc(Oc2ccc(CC(NC(=O)[C@@H]3Cc4cc5c(cc4CN3Cc3ccncc3)O[C@@H](c3ccc(OCc4ccc(Cl)c(Cl)c4)cc3)CO5)C(=O)O)cc2)c1C. The number of hydrogen-bond donors (Lipinski definition) is 2. The van der Waals surface area contributed by atoms with Gasteiger partial charge in [-0.05, 0) is 120 Å². The third-order valence-electron chi connectivity index (χ3n) is 10.8. The predicted octanol–water partition coefficient (Wildman–Crippen LogP) is 9.02. The van der Waals surface area contributed by atoms with Crippen LogP contribution in [-0.2, 0) is 42.1 Å². The van der Waals surface area contributed by atoms with E-state index in [0.717, 1.165) is 44.6 Å². The third kappa shape index (κ3) is 9.50. The summed E-state index contributed by atoms with van der Waals surface area (Å²) in [5, 5.41) is 14.1. The lowest BCUT2D eigenvalue weighted by atomic mass is 9.91. The maximum absolute atomic E-state index is 14.2. The number of halogens is 2. The van der Waals surface area contributed by atoms with Crippen molar-refractivity contribution in [2.24, 2.45) is 0 Å². The highest BCUT2D eigenvalue weighted by Crippen LogP contribution is 2.41. The molecule has 60 heavy (non-hydrogen) atoms. The number of carbonyl (C=O) groups is 2. The van der Waals surface area contributed by atoms with Gasteiger partial charge in [0.25, 0.3) is 0 Å². The van der Waals surface area contributed by atoms with E-state index in [2.05, 4.69) is 20.2 Å². The molecule has 0 bridgehead atoms. The van der Waals surface area contributed by atoms with Crippen molar-refractivity contribution < 1.29 is 33.6 Å². The van der Waals surface area contributed by atoms with Gasteiger partial charge in [0.2, 0.25) is 5.91 Å². The minimum atomic E-state index is -1.15. The van der Waals surface area contributed by atoms with Crippen LogP contribution in [0.5, 0.6) is 28.7 Å². The van der Waals surface area contributed by atoms with Crippen LogP contribution >= 0.6 is 23.2 Å². The fraction of sp³-hybridized carbons (Fsp3) is 0.234. The number of amides is 1. The van der Waals surface area contributed by atoms with Crippen LogP contribution in [0.4, 0.5) is 0 Å². The number of nitrogens with one attached hydrogen (secondary N) is 1. The minimum absolute atomic E-state index is 0.0940. The Morgan fingerprint density at radius 2 is 1.58 bits per heavy atom. The standard InChI is InChI=1S/C47H42Cl2N4O7/c1-28-29(2)51-18-15-42(28)59-37-8-3-30(4-9-37)20-40(47(55)56)52-46(54)41-21-34-22-43-44(23-35(34)25-53(41)24-31-13-16-50-17-14-31)60-45(27-58-43)33-6-10-36(11-7-33)57-26-32-5-12-38(48)39(49)19-32/h3-19,22-23,40-41,45H,20-21,24-27H2,1-2H3,(H,52,54)(H,55,56)/t40?,41-,45+/m0/s1. The van der Waals surface area contributed by atoms with E-state index in [1.165, 1.54) is 0 Å². The quantitative estimate of drug-likeness (QED) is 0.116. The van der Waals surface area contributed by atoms with Crippen molar-refractivity contribution >= 4 is 35.1 Å². The van der Waals surface area contributed by atoms with Crippen LogP contribution in [0.25, 0.3) is 0 Å². The van der Waals surface area contributed by atoms with Crippen molar-refractivity contribution in [3.8, 4) is 28.7 Å². The molecule has 0 saturated heterocycles. The number of carboxylic acids is 1. The van der Waals surface area contributed by atoms with Gasteiger partial charge < -0.3 is 29.4 Å². The van der Waals surface area contributed by atoms with Crippen molar-refractivity contribution in [3.63, 3.8) is 0 Å². The molecule has 1 amide bonds. The lowest BCUT2D eigenvalue weighted by Gasteiger charge is -2.37. The highest BCUT2D eigenvalue weighted by atomic mass is 35.5. The van der Waals surface area contributed by atoms with Gasteiger partial charge in [0.15, 0.2) is 17.6 Å². The molecular weight excluding hydrogens is 803 g/mol. The molecule has 306 valence electrons. The van der Waals surface area contributed by atoms with E-state index in [0.29, 0.717) is 71.5 Å². The highest BCUT2D eigenvalue weighted by molar-refractivity contribution is 6.42. The van der Waals surface area contributed by atoms with E-state index in [1.54, 1.807) is 48.9 Å². The van der Waals surface area contributed by atoms with E-state index in [1.807, 2.05) is 80.6 Å². The summed E-state index contributed by atoms with van der Waals surface area (Å²) < 4.78 is 24.8. The molecule has 11 nitrogen and oxygen atoms in total. The molecule has 2 N–H and O–H groups in total. The van der Waals surface area contributed by atoms with Crippen LogP contribution in [0.3, 0.4) is 0 Å². The first-order chi connectivity index (χ1) is 29.1. The monoisotopic (exact) mass is 844 g/mol. The van der Waals surface area contributed by atoms with E-state index >= 15 is 0 Å². The molecule has 0 saturated carbocycles. The largest absolute Gasteiger partial charge is 0.489 e. The van der Waals surface area contributed by atoms with Crippen molar-refractivity contribution in [3.05, 3.63) is 170 Å². The first-order valence-corrected chi connectivity index (χ1v) is 20.3. The Morgan fingerprint density at radius 3 is 2.33 bits per heavy atom. The van der Waals surface area contributed by atoms with Gasteiger partial charge in [-0.25, -0.2) is 4.79 Å². The maximum Gasteiger partial charge on any atom is 0.326 e. The Balaban J connectivity index is 0.948. The first kappa shape index (κ1) is 40.6. The third-order valence-corrected chi connectivity index (χ3v) is 11.6. The zero-order valence-electron chi connectivity index (χ0n) is 32.9. The number of pyridine rings is 2. The molecule has 1 unspecified atom stereocenters. The van der Waals surface area contributed by atoms with Crippen molar-refractivity contribution in [1.82, 2.24) is 20.2 Å². The van der Waals surface area contributed by atoms with Crippen molar-refractivity contribution in [2.75, 3.05) is 6.61 Å². The number of carbonyl (C=O) groups excluding carboxylic acids is 1. The topological polar surface area (TPSA) is 132 Å². The Bertz CT molecular complexity index is 2500. The molecule has 0 aliphatic carbocycles. The summed E-state index contributed by atoms with van der Waals surface area (Å²) in [6.45, 7) is 5.39. The molecule has 2 aliphatic heterocycles. The van der Waals surface area contributed by atoms with Crippen LogP contribution in [0.15, 0.2) is 116 Å². The van der Waals surface area contributed by atoms with E-state index in [-0.39, 0.29) is 18.4 Å². The Morgan fingerprint density at radius 1 is 0.850 bits per heavy atom. The molecule has 8 rings (SSSR count). The summed E-state index contributed by atoms with van der Waals surface area (Å²) in [7, 11) is 0. The average molecular weight is 846 g/mol. The molecule has 4 aromatic carbocycles. The van der Waals surface area contributed by atoms with E-state index in [4.69, 9.17) is 42.1 Å². The number of aryl methyl sites for hydroxylation is 1. The maximum atomic E-state index is 14.2. The molecule has 2 aliphatic rings. The number of fused-ring (bicyclic) bond motifs is 2. The average Bonchev–Trinajstić information content (AvgIpc) is 3.25. The van der Waals surface area contributed by atoms with Gasteiger partial charge in [-0.3, -0.25) is 19.7 Å². The Kier molecular flexibility index (Phi) is 12.2. The van der Waals surface area contributed by atoms with Gasteiger partial charge in [-0.2, -0.15) is 0 Å². The van der Waals surface area contributed by atoms with Crippen LogP contribution in [0.2, 0.25) is 10.0 Å². The molecule has 6 aromatic rings. The van der Waals surface area contributed by atoms with Crippen LogP contribution in [-0.4, -0.2) is 50.5 Å². The second-order valence-electron chi connectivity index (χ2n) is 14.9.